The quantitative estimate of drug-likeness (QED) is 0.651. The van der Waals surface area contributed by atoms with Crippen molar-refractivity contribution >= 4 is 5.78 Å². The molecule has 2 heteroatoms. The summed E-state index contributed by atoms with van der Waals surface area (Å²) in [6.45, 7) is 3.72. The molecule has 0 radical (unpaired) electrons. The van der Waals surface area contributed by atoms with Gasteiger partial charge in [0.1, 0.15) is 5.60 Å². The van der Waals surface area contributed by atoms with E-state index in [1.54, 1.807) is 6.92 Å². The molecule has 15 heavy (non-hydrogen) atoms. The lowest BCUT2D eigenvalue weighted by Crippen LogP contribution is -2.49. The van der Waals surface area contributed by atoms with E-state index >= 15 is 0 Å². The highest BCUT2D eigenvalue weighted by Crippen LogP contribution is 2.63. The number of hydrogen-bond acceptors (Lipinski definition) is 2. The van der Waals surface area contributed by atoms with Crippen molar-refractivity contribution in [3.8, 4) is 0 Å². The molecule has 78 valence electrons. The van der Waals surface area contributed by atoms with E-state index in [1.165, 1.54) is 5.57 Å². The third-order valence-corrected chi connectivity index (χ3v) is 4.31. The molecule has 0 aromatic heterocycles. The van der Waals surface area contributed by atoms with Gasteiger partial charge in [0.2, 0.25) is 0 Å². The largest absolute Gasteiger partial charge is 0.381 e. The molecular formula is C13H14O2. The van der Waals surface area contributed by atoms with Gasteiger partial charge in [0, 0.05) is 11.0 Å². The van der Waals surface area contributed by atoms with Crippen LogP contribution in [-0.4, -0.2) is 16.5 Å². The summed E-state index contributed by atoms with van der Waals surface area (Å²) in [5.74, 6) is -0.106. The molecule has 2 nitrogen and oxygen atoms in total. The van der Waals surface area contributed by atoms with Gasteiger partial charge in [0.15, 0.2) is 5.78 Å². The van der Waals surface area contributed by atoms with Crippen LogP contribution >= 0.6 is 0 Å². The summed E-state index contributed by atoms with van der Waals surface area (Å²) in [5.41, 5.74) is 1.47. The van der Waals surface area contributed by atoms with Crippen molar-refractivity contribution in [2.45, 2.75) is 32.3 Å². The number of carbonyl (C=O) groups is 1. The molecule has 0 heterocycles. The number of rotatable bonds is 0. The average molecular weight is 202 g/mol. The minimum Gasteiger partial charge on any atom is -0.381 e. The molecule has 1 atom stereocenters. The molecule has 0 aromatic carbocycles. The van der Waals surface area contributed by atoms with Gasteiger partial charge in [0.05, 0.1) is 0 Å². The lowest BCUT2D eigenvalue weighted by atomic mass is 9.68. The van der Waals surface area contributed by atoms with Crippen molar-refractivity contribution in [1.29, 1.82) is 0 Å². The van der Waals surface area contributed by atoms with E-state index in [0.717, 1.165) is 18.4 Å². The Morgan fingerprint density at radius 3 is 2.67 bits per heavy atom. The first-order chi connectivity index (χ1) is 7.01. The first kappa shape index (κ1) is 9.10. The molecule has 0 aromatic rings. The van der Waals surface area contributed by atoms with Gasteiger partial charge < -0.3 is 5.11 Å². The van der Waals surface area contributed by atoms with Gasteiger partial charge in [-0.2, -0.15) is 0 Å². The van der Waals surface area contributed by atoms with Crippen LogP contribution in [0.15, 0.2) is 34.9 Å². The molecule has 1 spiro atoms. The Hall–Kier alpha value is -1.15. The van der Waals surface area contributed by atoms with E-state index in [9.17, 15) is 9.90 Å². The molecule has 1 saturated carbocycles. The molecule has 3 aliphatic rings. The minimum absolute atomic E-state index is 0.106. The Balaban J connectivity index is 2.29. The van der Waals surface area contributed by atoms with Gasteiger partial charge in [-0.3, -0.25) is 4.79 Å². The van der Waals surface area contributed by atoms with Crippen LogP contribution in [0.2, 0.25) is 0 Å². The fraction of sp³-hybridized carbons (Fsp3) is 0.462. The number of carbonyl (C=O) groups excluding carboxylic acids is 1. The Kier molecular flexibility index (Phi) is 1.41. The van der Waals surface area contributed by atoms with Gasteiger partial charge in [-0.1, -0.05) is 23.8 Å². The molecule has 0 unspecified atom stereocenters. The second-order valence-corrected chi connectivity index (χ2v) is 4.96. The van der Waals surface area contributed by atoms with Gasteiger partial charge in [-0.15, -0.1) is 0 Å². The number of ketones is 1. The van der Waals surface area contributed by atoms with Crippen molar-refractivity contribution in [2.75, 3.05) is 0 Å². The summed E-state index contributed by atoms with van der Waals surface area (Å²) in [4.78, 5) is 12.1. The van der Waals surface area contributed by atoms with Crippen molar-refractivity contribution in [2.24, 2.45) is 5.41 Å². The fourth-order valence-electron chi connectivity index (χ4n) is 3.03. The summed E-state index contributed by atoms with van der Waals surface area (Å²) < 4.78 is 0. The molecule has 1 fully saturated rings. The first-order valence-electron chi connectivity index (χ1n) is 5.38. The predicted octanol–water partition coefficient (Wildman–Crippen LogP) is 1.91. The SMILES string of the molecule is CC1=C2C=CC=C2C(=O)[C@](C)(O)C12CC2. The number of Topliss-reactive ketones (excluding diaryl/α,β-unsaturated/α-hetero) is 1. The lowest BCUT2D eigenvalue weighted by molar-refractivity contribution is -0.137. The van der Waals surface area contributed by atoms with Crippen LogP contribution in [-0.2, 0) is 4.79 Å². The second kappa shape index (κ2) is 2.33. The fourth-order valence-corrected chi connectivity index (χ4v) is 3.03. The summed E-state index contributed by atoms with van der Waals surface area (Å²) >= 11 is 0. The highest BCUT2D eigenvalue weighted by atomic mass is 16.3. The van der Waals surface area contributed by atoms with Crippen molar-refractivity contribution in [3.05, 3.63) is 34.9 Å². The Morgan fingerprint density at radius 1 is 1.40 bits per heavy atom. The van der Waals surface area contributed by atoms with Gasteiger partial charge in [-0.25, -0.2) is 0 Å². The zero-order valence-electron chi connectivity index (χ0n) is 9.00. The number of allylic oxidation sites excluding steroid dienone is 4. The van der Waals surface area contributed by atoms with E-state index in [4.69, 9.17) is 0 Å². The Bertz CT molecular complexity index is 457. The molecule has 0 saturated heterocycles. The maximum atomic E-state index is 12.1. The van der Waals surface area contributed by atoms with Gasteiger partial charge >= 0.3 is 0 Å². The first-order valence-corrected chi connectivity index (χ1v) is 5.38. The van der Waals surface area contributed by atoms with Crippen LogP contribution in [0.4, 0.5) is 0 Å². The monoisotopic (exact) mass is 202 g/mol. The molecular weight excluding hydrogens is 188 g/mol. The molecule has 3 rings (SSSR count). The van der Waals surface area contributed by atoms with Crippen molar-refractivity contribution in [3.63, 3.8) is 0 Å². The average Bonchev–Trinajstić information content (AvgIpc) is 2.86. The van der Waals surface area contributed by atoms with Crippen molar-refractivity contribution in [1.82, 2.24) is 0 Å². The number of fused-ring (bicyclic) bond motifs is 1. The smallest absolute Gasteiger partial charge is 0.195 e. The van der Waals surface area contributed by atoms with E-state index < -0.39 is 5.60 Å². The molecule has 3 aliphatic carbocycles. The van der Waals surface area contributed by atoms with Crippen LogP contribution in [0, 0.1) is 5.41 Å². The van der Waals surface area contributed by atoms with E-state index in [1.807, 2.05) is 25.2 Å². The third kappa shape index (κ3) is 0.824. The zero-order valence-corrected chi connectivity index (χ0v) is 9.00. The summed E-state index contributed by atoms with van der Waals surface area (Å²) in [5, 5.41) is 10.4. The summed E-state index contributed by atoms with van der Waals surface area (Å²) in [6, 6.07) is 0. The highest BCUT2D eigenvalue weighted by molar-refractivity contribution is 6.09. The minimum atomic E-state index is -1.20. The highest BCUT2D eigenvalue weighted by Gasteiger charge is 2.64. The standard InChI is InChI=1S/C13H14O2/c1-8-9-4-3-5-10(9)11(14)12(2,15)13(8)6-7-13/h3-5,15H,6-7H2,1-2H3/t12-/m0/s1. The summed E-state index contributed by atoms with van der Waals surface area (Å²) in [7, 11) is 0. The Labute approximate surface area is 89.0 Å². The second-order valence-electron chi connectivity index (χ2n) is 4.96. The summed E-state index contributed by atoms with van der Waals surface area (Å²) in [6.07, 6.45) is 7.55. The third-order valence-electron chi connectivity index (χ3n) is 4.31. The molecule has 0 amide bonds. The van der Waals surface area contributed by atoms with E-state index in [2.05, 4.69) is 0 Å². The lowest BCUT2D eigenvalue weighted by Gasteiger charge is -2.38. The van der Waals surface area contributed by atoms with Crippen LogP contribution < -0.4 is 0 Å². The normalized spacial score (nSPS) is 35.9. The number of hydrogen-bond donors (Lipinski definition) is 1. The van der Waals surface area contributed by atoms with E-state index in [-0.39, 0.29) is 11.2 Å². The zero-order chi connectivity index (χ0) is 10.8. The van der Waals surface area contributed by atoms with Gasteiger partial charge in [0.25, 0.3) is 0 Å². The topological polar surface area (TPSA) is 37.3 Å². The van der Waals surface area contributed by atoms with Crippen molar-refractivity contribution < 1.29 is 9.90 Å². The van der Waals surface area contributed by atoms with E-state index in [0.29, 0.717) is 5.57 Å². The van der Waals surface area contributed by atoms with Crippen LogP contribution in [0.3, 0.4) is 0 Å². The maximum Gasteiger partial charge on any atom is 0.195 e. The maximum absolute atomic E-state index is 12.1. The molecule has 0 bridgehead atoms. The Morgan fingerprint density at radius 2 is 2.07 bits per heavy atom. The van der Waals surface area contributed by atoms with Crippen LogP contribution in [0.5, 0.6) is 0 Å². The molecule has 0 aliphatic heterocycles. The molecule has 1 N–H and O–H groups in total. The van der Waals surface area contributed by atoms with Crippen LogP contribution in [0.25, 0.3) is 0 Å². The van der Waals surface area contributed by atoms with Crippen LogP contribution in [0.1, 0.15) is 26.7 Å². The number of aliphatic hydroxyl groups is 1. The van der Waals surface area contributed by atoms with Gasteiger partial charge in [-0.05, 0) is 32.3 Å². The predicted molar refractivity (Wildman–Crippen MR) is 57.2 cm³/mol.